The molecule has 5 aliphatic heterocycles. The zero-order valence-corrected chi connectivity index (χ0v) is 31.0. The van der Waals surface area contributed by atoms with Crippen LogP contribution in [0.3, 0.4) is 0 Å². The maximum absolute atomic E-state index is 15.0. The van der Waals surface area contributed by atoms with Crippen molar-refractivity contribution in [2.75, 3.05) is 75.4 Å². The van der Waals surface area contributed by atoms with E-state index in [1.54, 1.807) is 17.2 Å². The van der Waals surface area contributed by atoms with Crippen LogP contribution in [0.4, 0.5) is 20.7 Å². The van der Waals surface area contributed by atoms with Gasteiger partial charge in [-0.3, -0.25) is 34.0 Å². The Bertz CT molecular complexity index is 2100. The van der Waals surface area contributed by atoms with Crippen molar-refractivity contribution in [2.45, 2.75) is 69.7 Å². The van der Waals surface area contributed by atoms with E-state index in [0.717, 1.165) is 89.1 Å². The van der Waals surface area contributed by atoms with Crippen LogP contribution in [0.25, 0.3) is 16.6 Å². The highest BCUT2D eigenvalue weighted by molar-refractivity contribution is 6.05. The molecule has 1 aromatic carbocycles. The number of amides is 3. The molecule has 55 heavy (non-hydrogen) atoms. The van der Waals surface area contributed by atoms with Crippen LogP contribution in [0.1, 0.15) is 50.8 Å². The molecular formula is C39H48FN9O6. The molecule has 5 saturated heterocycles. The minimum atomic E-state index is -0.635. The summed E-state index contributed by atoms with van der Waals surface area (Å²) in [6.45, 7) is 8.55. The number of aromatic amines is 1. The van der Waals surface area contributed by atoms with E-state index in [1.807, 2.05) is 10.6 Å². The first-order valence-corrected chi connectivity index (χ1v) is 19.7. The molecule has 5 fully saturated rings. The van der Waals surface area contributed by atoms with Crippen LogP contribution in [0.2, 0.25) is 0 Å². The number of hydrogen-bond donors (Lipinski definition) is 2. The Kier molecular flexibility index (Phi) is 10.1. The fourth-order valence-corrected chi connectivity index (χ4v) is 8.78. The Morgan fingerprint density at radius 1 is 0.909 bits per heavy atom. The Morgan fingerprint density at radius 3 is 2.49 bits per heavy atom. The largest absolute Gasteiger partial charge is 0.493 e. The number of fused-ring (bicyclic) bond motifs is 2. The van der Waals surface area contributed by atoms with Crippen molar-refractivity contribution in [3.63, 3.8) is 0 Å². The summed E-state index contributed by atoms with van der Waals surface area (Å²) in [5.74, 6) is 0.922. The summed E-state index contributed by atoms with van der Waals surface area (Å²) in [6, 6.07) is 7.87. The number of rotatable bonds is 10. The zero-order chi connectivity index (χ0) is 37.5. The molecule has 0 saturated carbocycles. The lowest BCUT2D eigenvalue weighted by atomic mass is 9.92. The van der Waals surface area contributed by atoms with E-state index in [2.05, 4.69) is 47.1 Å². The first-order valence-electron chi connectivity index (χ1n) is 19.7. The number of anilines is 2. The highest BCUT2D eigenvalue weighted by atomic mass is 19.1. The lowest BCUT2D eigenvalue weighted by Gasteiger charge is -2.52. The van der Waals surface area contributed by atoms with Crippen LogP contribution < -0.4 is 25.4 Å². The molecule has 3 aromatic heterocycles. The molecule has 0 radical (unpaired) electrons. The summed E-state index contributed by atoms with van der Waals surface area (Å²) in [5.41, 5.74) is 1.67. The SMILES string of the molecule is O=C1CCN(c2cnc3cc(N4CCC(N5CC(N6CCC(COc7cc(F)c8c(=O)[nH]c(COC9CCOCC9)nc8c7)CC6)C5)CC4)ccn23)C(=O)N1. The molecule has 0 aliphatic carbocycles. The number of likely N-dealkylation sites (tertiary alicyclic amines) is 2. The standard InChI is InChI=1S/C39H48FN9O6/c40-31-18-30(19-32-37(31)38(51)43-33(42-32)24-55-29-7-15-53-16-8-29)54-23-25-1-9-46(10-2-25)28-21-47(22-28)26-3-11-45(12-4-26)27-5-13-48-34(17-27)41-20-36(48)49-14-6-35(50)44-39(49)52/h5,13,17-20,25-26,28-29H,1-4,6-12,14-16,21-24H2,(H,42,43,51)(H,44,50,52). The van der Waals surface area contributed by atoms with Crippen LogP contribution >= 0.6 is 0 Å². The average molecular weight is 758 g/mol. The van der Waals surface area contributed by atoms with E-state index in [1.165, 1.54) is 6.07 Å². The van der Waals surface area contributed by atoms with Crippen LogP contribution in [0.15, 0.2) is 41.5 Å². The van der Waals surface area contributed by atoms with Gasteiger partial charge in [0.15, 0.2) is 0 Å². The smallest absolute Gasteiger partial charge is 0.329 e. The third-order valence-electron chi connectivity index (χ3n) is 12.1. The number of nitrogens with one attached hydrogen (secondary N) is 2. The van der Waals surface area contributed by atoms with Gasteiger partial charge in [-0.25, -0.2) is 19.2 Å². The molecule has 15 nitrogen and oxygen atoms in total. The Balaban J connectivity index is 0.714. The second-order valence-electron chi connectivity index (χ2n) is 15.5. The van der Waals surface area contributed by atoms with Gasteiger partial charge in [-0.1, -0.05) is 0 Å². The van der Waals surface area contributed by atoms with Crippen LogP contribution in [-0.2, 0) is 20.9 Å². The summed E-state index contributed by atoms with van der Waals surface area (Å²) in [7, 11) is 0. The van der Waals surface area contributed by atoms with E-state index >= 15 is 4.39 Å². The topological polar surface area (TPSA) is 150 Å². The van der Waals surface area contributed by atoms with Crippen molar-refractivity contribution >= 4 is 40.0 Å². The van der Waals surface area contributed by atoms with Gasteiger partial charge in [0.25, 0.3) is 5.56 Å². The molecule has 0 spiro atoms. The van der Waals surface area contributed by atoms with Gasteiger partial charge in [0, 0.05) is 94.5 Å². The number of carbonyl (C=O) groups is 2. The second-order valence-corrected chi connectivity index (χ2v) is 15.5. The third kappa shape index (κ3) is 7.64. The van der Waals surface area contributed by atoms with Crippen LogP contribution in [0.5, 0.6) is 5.75 Å². The number of piperidine rings is 2. The Morgan fingerprint density at radius 2 is 1.71 bits per heavy atom. The van der Waals surface area contributed by atoms with Gasteiger partial charge in [0.05, 0.1) is 24.4 Å². The number of ether oxygens (including phenoxy) is 3. The first-order chi connectivity index (χ1) is 26.8. The highest BCUT2D eigenvalue weighted by Crippen LogP contribution is 2.31. The normalized spacial score (nSPS) is 21.8. The van der Waals surface area contributed by atoms with Crippen molar-refractivity contribution in [1.29, 1.82) is 0 Å². The van der Waals surface area contributed by atoms with Gasteiger partial charge in [-0.15, -0.1) is 0 Å². The average Bonchev–Trinajstić information content (AvgIpc) is 3.60. The molecule has 4 aromatic rings. The van der Waals surface area contributed by atoms with Crippen molar-refractivity contribution < 1.29 is 28.2 Å². The molecule has 3 amide bonds. The highest BCUT2D eigenvalue weighted by Gasteiger charge is 2.38. The van der Waals surface area contributed by atoms with E-state index in [4.69, 9.17) is 14.2 Å². The number of imidazole rings is 1. The van der Waals surface area contributed by atoms with Crippen molar-refractivity contribution in [1.82, 2.24) is 34.5 Å². The zero-order valence-electron chi connectivity index (χ0n) is 31.0. The maximum Gasteiger partial charge on any atom is 0.329 e. The van der Waals surface area contributed by atoms with Gasteiger partial charge in [0.1, 0.15) is 40.8 Å². The number of H-pyrrole nitrogens is 1. The molecule has 292 valence electrons. The molecular weight excluding hydrogens is 709 g/mol. The third-order valence-corrected chi connectivity index (χ3v) is 12.1. The van der Waals surface area contributed by atoms with Gasteiger partial charge < -0.3 is 24.1 Å². The minimum Gasteiger partial charge on any atom is -0.493 e. The fourth-order valence-electron chi connectivity index (χ4n) is 8.78. The lowest BCUT2D eigenvalue weighted by molar-refractivity contribution is -0.120. The number of hydrogen-bond acceptors (Lipinski definition) is 11. The summed E-state index contributed by atoms with van der Waals surface area (Å²) in [5, 5.41) is 2.32. The van der Waals surface area contributed by atoms with Crippen molar-refractivity contribution in [3.8, 4) is 5.75 Å². The second kappa shape index (κ2) is 15.5. The van der Waals surface area contributed by atoms with Gasteiger partial charge in [-0.2, -0.15) is 0 Å². The van der Waals surface area contributed by atoms with Gasteiger partial charge in [-0.05, 0) is 63.6 Å². The number of carbonyl (C=O) groups excluding carboxylic acids is 2. The summed E-state index contributed by atoms with van der Waals surface area (Å²) in [6.07, 6.45) is 9.88. The van der Waals surface area contributed by atoms with Crippen molar-refractivity contribution in [2.24, 2.45) is 5.92 Å². The Hall–Kier alpha value is -4.64. The van der Waals surface area contributed by atoms with E-state index < -0.39 is 17.4 Å². The predicted molar refractivity (Wildman–Crippen MR) is 202 cm³/mol. The van der Waals surface area contributed by atoms with Gasteiger partial charge in [0.2, 0.25) is 5.91 Å². The molecule has 2 N–H and O–H groups in total. The minimum absolute atomic E-state index is 0.0584. The number of halogens is 1. The monoisotopic (exact) mass is 757 g/mol. The van der Waals surface area contributed by atoms with Crippen LogP contribution in [-0.4, -0.2) is 125 Å². The molecule has 9 rings (SSSR count). The quantitative estimate of drug-likeness (QED) is 0.246. The number of nitrogens with zero attached hydrogens (tertiary/aromatic N) is 7. The van der Waals surface area contributed by atoms with Gasteiger partial charge >= 0.3 is 6.03 Å². The molecule has 0 unspecified atom stereocenters. The van der Waals surface area contributed by atoms with E-state index in [-0.39, 0.29) is 35.9 Å². The van der Waals surface area contributed by atoms with E-state index in [9.17, 15) is 14.4 Å². The molecule has 5 aliphatic rings. The molecule has 0 atom stereocenters. The molecule has 0 bridgehead atoms. The molecule has 8 heterocycles. The van der Waals surface area contributed by atoms with Crippen LogP contribution in [0, 0.1) is 11.7 Å². The summed E-state index contributed by atoms with van der Waals surface area (Å²) >= 11 is 0. The number of benzene rings is 1. The van der Waals surface area contributed by atoms with Crippen molar-refractivity contribution in [3.05, 3.63) is 58.7 Å². The number of aromatic nitrogens is 4. The maximum atomic E-state index is 15.0. The summed E-state index contributed by atoms with van der Waals surface area (Å²) in [4.78, 5) is 57.6. The lowest BCUT2D eigenvalue weighted by Crippen LogP contribution is -2.64. The fraction of sp³-hybridized carbons (Fsp3) is 0.564. The van der Waals surface area contributed by atoms with E-state index in [0.29, 0.717) is 61.8 Å². The molecule has 16 heteroatoms. The summed E-state index contributed by atoms with van der Waals surface area (Å²) < 4.78 is 34.3. The number of imide groups is 1. The number of pyridine rings is 1. The first kappa shape index (κ1) is 36.0. The number of urea groups is 1. The Labute approximate surface area is 317 Å². The predicted octanol–water partition coefficient (Wildman–Crippen LogP) is 3.30.